The van der Waals surface area contributed by atoms with Gasteiger partial charge >= 0.3 is 0 Å². The predicted octanol–water partition coefficient (Wildman–Crippen LogP) is 5.56. The fourth-order valence-electron chi connectivity index (χ4n) is 2.51. The largest absolute Gasteiger partial charge is 0.564 e. The molecule has 0 aliphatic rings. The molecule has 0 aliphatic heterocycles. The Morgan fingerprint density at radius 1 is 0.600 bits per heavy atom. The zero-order valence-corrected chi connectivity index (χ0v) is 13.4. The van der Waals surface area contributed by atoms with E-state index in [1.54, 1.807) is 0 Å². The molecule has 0 bridgehead atoms. The molecule has 0 rings (SSSR count). The number of unbranched alkanes of at least 4 members (excludes halogenated alkanes) is 13. The molecule has 0 amide bonds. The maximum atomic E-state index is 10.5. The first-order valence-corrected chi connectivity index (χ1v) is 8.61. The van der Waals surface area contributed by atoms with E-state index in [-0.39, 0.29) is 6.54 Å². The molecule has 0 aromatic rings. The lowest BCUT2D eigenvalue weighted by atomic mass is 10.0. The molecule has 0 saturated carbocycles. The Balaban J connectivity index is 2.99. The highest BCUT2D eigenvalue weighted by Gasteiger charge is 2.06. The van der Waals surface area contributed by atoms with Gasteiger partial charge in [0.2, 0.25) is 0 Å². The van der Waals surface area contributed by atoms with Crippen LogP contribution >= 0.6 is 0 Å². The molecular formula is C16H35NO3. The van der Waals surface area contributed by atoms with Crippen molar-refractivity contribution in [2.45, 2.75) is 96.8 Å². The molecule has 0 radical (unpaired) electrons. The minimum absolute atomic E-state index is 0.113. The van der Waals surface area contributed by atoms with Gasteiger partial charge in [-0.1, -0.05) is 88.9 Å². The minimum atomic E-state index is -2.13. The summed E-state index contributed by atoms with van der Waals surface area (Å²) in [6.45, 7) is 2.14. The number of quaternary nitrogens is 1. The SMILES string of the molecule is CCCCCCCCCCCCCCCC[N+]([O-])(O)O. The molecule has 0 aromatic heterocycles. The number of nitrogens with zero attached hydrogens (tertiary/aromatic N) is 1. The van der Waals surface area contributed by atoms with Crippen molar-refractivity contribution in [2.75, 3.05) is 6.54 Å². The van der Waals surface area contributed by atoms with Crippen molar-refractivity contribution in [1.82, 2.24) is 0 Å². The first-order chi connectivity index (χ1) is 9.56. The van der Waals surface area contributed by atoms with E-state index in [1.165, 1.54) is 70.6 Å². The van der Waals surface area contributed by atoms with E-state index in [4.69, 9.17) is 10.4 Å². The second-order valence-corrected chi connectivity index (χ2v) is 5.98. The molecule has 0 saturated heterocycles. The van der Waals surface area contributed by atoms with Crippen LogP contribution < -0.4 is 0 Å². The van der Waals surface area contributed by atoms with Crippen LogP contribution in [0.4, 0.5) is 0 Å². The highest BCUT2D eigenvalue weighted by Crippen LogP contribution is 2.13. The monoisotopic (exact) mass is 289 g/mol. The Bertz CT molecular complexity index is 193. The zero-order chi connectivity index (χ0) is 15.1. The van der Waals surface area contributed by atoms with Crippen molar-refractivity contribution in [3.8, 4) is 0 Å². The van der Waals surface area contributed by atoms with Crippen LogP contribution in [0.1, 0.15) is 96.8 Å². The lowest BCUT2D eigenvalue weighted by Gasteiger charge is -2.23. The van der Waals surface area contributed by atoms with Crippen LogP contribution in [0.25, 0.3) is 0 Å². The normalized spacial score (nSPS) is 12.0. The molecule has 4 nitrogen and oxygen atoms in total. The van der Waals surface area contributed by atoms with Gasteiger partial charge in [0.25, 0.3) is 0 Å². The lowest BCUT2D eigenvalue weighted by molar-refractivity contribution is -1.21. The maximum Gasteiger partial charge on any atom is 0.142 e. The first-order valence-electron chi connectivity index (χ1n) is 8.61. The van der Waals surface area contributed by atoms with E-state index in [9.17, 15) is 5.21 Å². The van der Waals surface area contributed by atoms with Gasteiger partial charge in [-0.3, -0.25) is 0 Å². The van der Waals surface area contributed by atoms with Crippen LogP contribution in [-0.2, 0) is 0 Å². The summed E-state index contributed by atoms with van der Waals surface area (Å²) in [7, 11) is 0. The highest BCUT2D eigenvalue weighted by atomic mass is 17.1. The minimum Gasteiger partial charge on any atom is -0.564 e. The van der Waals surface area contributed by atoms with Gasteiger partial charge in [-0.2, -0.15) is 10.4 Å². The topological polar surface area (TPSA) is 63.5 Å². The fourth-order valence-corrected chi connectivity index (χ4v) is 2.51. The van der Waals surface area contributed by atoms with Crippen molar-refractivity contribution in [3.63, 3.8) is 0 Å². The van der Waals surface area contributed by atoms with Gasteiger partial charge in [0.1, 0.15) is 6.54 Å². The van der Waals surface area contributed by atoms with Crippen LogP contribution in [-0.4, -0.2) is 21.9 Å². The van der Waals surface area contributed by atoms with Gasteiger partial charge in [-0.15, -0.1) is 0 Å². The highest BCUT2D eigenvalue weighted by molar-refractivity contribution is 4.49. The van der Waals surface area contributed by atoms with Crippen molar-refractivity contribution in [2.24, 2.45) is 0 Å². The smallest absolute Gasteiger partial charge is 0.142 e. The molecule has 0 fully saturated rings. The molecule has 0 unspecified atom stereocenters. The average molecular weight is 289 g/mol. The zero-order valence-electron chi connectivity index (χ0n) is 13.4. The molecule has 2 N–H and O–H groups in total. The summed E-state index contributed by atoms with van der Waals surface area (Å²) < 4.78 is 0. The molecule has 20 heavy (non-hydrogen) atoms. The summed E-state index contributed by atoms with van der Waals surface area (Å²) in [5.74, 6) is 0. The van der Waals surface area contributed by atoms with E-state index in [0.717, 1.165) is 12.8 Å². The van der Waals surface area contributed by atoms with E-state index in [1.807, 2.05) is 0 Å². The number of rotatable bonds is 15. The van der Waals surface area contributed by atoms with E-state index >= 15 is 0 Å². The summed E-state index contributed by atoms with van der Waals surface area (Å²) in [6.07, 6.45) is 17.4. The van der Waals surface area contributed by atoms with E-state index < -0.39 is 4.97 Å². The van der Waals surface area contributed by atoms with Gasteiger partial charge in [0.05, 0.1) is 0 Å². The fraction of sp³-hybridized carbons (Fsp3) is 1.00. The van der Waals surface area contributed by atoms with Gasteiger partial charge < -0.3 is 5.21 Å². The van der Waals surface area contributed by atoms with Crippen LogP contribution in [0.15, 0.2) is 0 Å². The van der Waals surface area contributed by atoms with Crippen molar-refractivity contribution in [3.05, 3.63) is 5.21 Å². The Morgan fingerprint density at radius 3 is 1.20 bits per heavy atom. The van der Waals surface area contributed by atoms with Crippen molar-refractivity contribution < 1.29 is 15.4 Å². The van der Waals surface area contributed by atoms with Crippen molar-refractivity contribution in [1.29, 1.82) is 0 Å². The molecule has 0 aromatic carbocycles. The number of hydrogen-bond acceptors (Lipinski definition) is 3. The summed E-state index contributed by atoms with van der Waals surface area (Å²) in [5, 5.41) is 27.6. The summed E-state index contributed by atoms with van der Waals surface area (Å²) >= 11 is 0. The molecular weight excluding hydrogens is 254 g/mol. The van der Waals surface area contributed by atoms with Gasteiger partial charge in [-0.25, -0.2) is 0 Å². The van der Waals surface area contributed by atoms with E-state index in [0.29, 0.717) is 6.42 Å². The average Bonchev–Trinajstić information content (AvgIpc) is 2.38. The number of hydroxylamine groups is 3. The van der Waals surface area contributed by atoms with Crippen molar-refractivity contribution >= 4 is 0 Å². The third-order valence-corrected chi connectivity index (χ3v) is 3.80. The summed E-state index contributed by atoms with van der Waals surface area (Å²) in [5.41, 5.74) is 0. The quantitative estimate of drug-likeness (QED) is 0.235. The predicted molar refractivity (Wildman–Crippen MR) is 82.4 cm³/mol. The van der Waals surface area contributed by atoms with Gasteiger partial charge in [0, 0.05) is 6.42 Å². The molecule has 122 valence electrons. The second-order valence-electron chi connectivity index (χ2n) is 5.98. The van der Waals surface area contributed by atoms with E-state index in [2.05, 4.69) is 6.92 Å². The molecule has 0 heterocycles. The Hall–Kier alpha value is -0.160. The number of hydrogen-bond donors (Lipinski definition) is 2. The third-order valence-electron chi connectivity index (χ3n) is 3.80. The molecule has 0 aliphatic carbocycles. The summed E-state index contributed by atoms with van der Waals surface area (Å²) in [4.78, 5) is -2.13. The van der Waals surface area contributed by atoms with Crippen LogP contribution in [0.5, 0.6) is 0 Å². The molecule has 0 atom stereocenters. The third kappa shape index (κ3) is 17.8. The van der Waals surface area contributed by atoms with Gasteiger partial charge in [0.15, 0.2) is 0 Å². The summed E-state index contributed by atoms with van der Waals surface area (Å²) in [6, 6.07) is 0. The maximum absolute atomic E-state index is 10.5. The van der Waals surface area contributed by atoms with Gasteiger partial charge in [-0.05, 0) is 6.42 Å². The van der Waals surface area contributed by atoms with Crippen LogP contribution in [0, 0.1) is 5.21 Å². The second kappa shape index (κ2) is 13.8. The van der Waals surface area contributed by atoms with Crippen LogP contribution in [0.3, 0.4) is 0 Å². The van der Waals surface area contributed by atoms with Crippen LogP contribution in [0.2, 0.25) is 0 Å². The first kappa shape index (κ1) is 19.8. The molecule has 0 spiro atoms. The Morgan fingerprint density at radius 2 is 0.900 bits per heavy atom. The molecule has 4 heteroatoms. The Kier molecular flexibility index (Phi) is 13.7. The lowest BCUT2D eigenvalue weighted by Crippen LogP contribution is -2.34. The Labute approximate surface area is 124 Å². The standard InChI is InChI=1S/C16H35NO3/c1-2-3-4-5-6-7-8-9-10-11-12-13-14-15-16-17(18,19)20/h18-19H,2-16H2,1H3.